The van der Waals surface area contributed by atoms with Crippen molar-refractivity contribution in [3.63, 3.8) is 0 Å². The van der Waals surface area contributed by atoms with Crippen LogP contribution < -0.4 is 10.6 Å². The fourth-order valence-corrected chi connectivity index (χ4v) is 3.32. The highest BCUT2D eigenvalue weighted by Crippen LogP contribution is 2.48. The number of alkyl halides is 3. The van der Waals surface area contributed by atoms with Crippen LogP contribution in [0.4, 0.5) is 23.7 Å². The Hall–Kier alpha value is -2.02. The molecule has 0 saturated heterocycles. The molecule has 2 aromatic rings. The van der Waals surface area contributed by atoms with E-state index in [4.69, 9.17) is 0 Å². The van der Waals surface area contributed by atoms with Gasteiger partial charge >= 0.3 is 12.2 Å². The highest BCUT2D eigenvalue weighted by Gasteiger charge is 2.44. The summed E-state index contributed by atoms with van der Waals surface area (Å²) in [5.74, 6) is 0. The van der Waals surface area contributed by atoms with Crippen molar-refractivity contribution in [3.05, 3.63) is 52.2 Å². The highest BCUT2D eigenvalue weighted by molar-refractivity contribution is 7.08. The molecule has 7 heteroatoms. The van der Waals surface area contributed by atoms with Gasteiger partial charge in [-0.1, -0.05) is 12.1 Å². The molecule has 1 aliphatic carbocycles. The summed E-state index contributed by atoms with van der Waals surface area (Å²) in [5, 5.41) is 9.01. The molecule has 122 valence electrons. The molecule has 1 fully saturated rings. The van der Waals surface area contributed by atoms with E-state index in [1.165, 1.54) is 23.8 Å². The van der Waals surface area contributed by atoms with Gasteiger partial charge < -0.3 is 10.6 Å². The lowest BCUT2D eigenvalue weighted by atomic mass is 9.99. The van der Waals surface area contributed by atoms with E-state index in [-0.39, 0.29) is 11.1 Å². The zero-order valence-electron chi connectivity index (χ0n) is 12.1. The summed E-state index contributed by atoms with van der Waals surface area (Å²) in [4.78, 5) is 11.9. The Balaban J connectivity index is 1.63. The monoisotopic (exact) mass is 340 g/mol. The SMILES string of the molecule is O=C(NCC1(c2ccsc2)CC1)Nc1ccccc1C(F)(F)F. The van der Waals surface area contributed by atoms with Crippen molar-refractivity contribution >= 4 is 23.1 Å². The van der Waals surface area contributed by atoms with Gasteiger partial charge in [-0.25, -0.2) is 4.79 Å². The third-order valence-electron chi connectivity index (χ3n) is 4.06. The van der Waals surface area contributed by atoms with Crippen LogP contribution in [0, 0.1) is 0 Å². The van der Waals surface area contributed by atoms with Crippen molar-refractivity contribution in [2.45, 2.75) is 24.4 Å². The average molecular weight is 340 g/mol. The summed E-state index contributed by atoms with van der Waals surface area (Å²) in [6.45, 7) is 0.420. The summed E-state index contributed by atoms with van der Waals surface area (Å²) in [5.41, 5.74) is 0.0337. The highest BCUT2D eigenvalue weighted by atomic mass is 32.1. The van der Waals surface area contributed by atoms with Crippen molar-refractivity contribution in [1.82, 2.24) is 5.32 Å². The number of carbonyl (C=O) groups excluding carboxylic acids is 1. The van der Waals surface area contributed by atoms with E-state index in [1.807, 2.05) is 16.8 Å². The van der Waals surface area contributed by atoms with E-state index in [0.717, 1.165) is 18.9 Å². The molecule has 0 unspecified atom stereocenters. The molecule has 1 aliphatic rings. The number of nitrogens with one attached hydrogen (secondary N) is 2. The maximum atomic E-state index is 12.9. The predicted molar refractivity (Wildman–Crippen MR) is 83.7 cm³/mol. The van der Waals surface area contributed by atoms with Crippen molar-refractivity contribution in [1.29, 1.82) is 0 Å². The van der Waals surface area contributed by atoms with E-state index >= 15 is 0 Å². The number of urea groups is 1. The van der Waals surface area contributed by atoms with Crippen LogP contribution in [0.2, 0.25) is 0 Å². The number of amides is 2. The molecule has 1 heterocycles. The van der Waals surface area contributed by atoms with Gasteiger partial charge in [-0.15, -0.1) is 0 Å². The second-order valence-corrected chi connectivity index (χ2v) is 6.42. The first-order chi connectivity index (χ1) is 10.9. The van der Waals surface area contributed by atoms with Crippen molar-refractivity contribution in [2.75, 3.05) is 11.9 Å². The van der Waals surface area contributed by atoms with Gasteiger partial charge in [0.1, 0.15) is 0 Å². The van der Waals surface area contributed by atoms with Gasteiger partial charge in [-0.3, -0.25) is 0 Å². The smallest absolute Gasteiger partial charge is 0.337 e. The Morgan fingerprint density at radius 3 is 2.57 bits per heavy atom. The van der Waals surface area contributed by atoms with Crippen LogP contribution in [0.15, 0.2) is 41.1 Å². The molecule has 0 bridgehead atoms. The van der Waals surface area contributed by atoms with Crippen LogP contribution in [-0.2, 0) is 11.6 Å². The maximum Gasteiger partial charge on any atom is 0.418 e. The molecule has 3 nitrogen and oxygen atoms in total. The summed E-state index contributed by atoms with van der Waals surface area (Å²) in [6, 6.07) is 6.34. The molecule has 1 aromatic carbocycles. The van der Waals surface area contributed by atoms with Gasteiger partial charge in [-0.2, -0.15) is 24.5 Å². The Morgan fingerprint density at radius 2 is 1.96 bits per heavy atom. The van der Waals surface area contributed by atoms with Crippen molar-refractivity contribution < 1.29 is 18.0 Å². The minimum absolute atomic E-state index is 0.0547. The zero-order chi connectivity index (χ0) is 16.5. The quantitative estimate of drug-likeness (QED) is 0.838. The van der Waals surface area contributed by atoms with Gasteiger partial charge in [0.15, 0.2) is 0 Å². The van der Waals surface area contributed by atoms with E-state index in [9.17, 15) is 18.0 Å². The Kier molecular flexibility index (Phi) is 4.06. The van der Waals surface area contributed by atoms with Gasteiger partial charge in [0.25, 0.3) is 0 Å². The lowest BCUT2D eigenvalue weighted by Gasteiger charge is -2.17. The van der Waals surface area contributed by atoms with Crippen LogP contribution in [0.3, 0.4) is 0 Å². The lowest BCUT2D eigenvalue weighted by molar-refractivity contribution is -0.136. The van der Waals surface area contributed by atoms with E-state index < -0.39 is 17.8 Å². The maximum absolute atomic E-state index is 12.9. The van der Waals surface area contributed by atoms with Crippen LogP contribution in [0.25, 0.3) is 0 Å². The molecule has 0 aliphatic heterocycles. The topological polar surface area (TPSA) is 41.1 Å². The number of carbonyl (C=O) groups is 1. The molecule has 1 aromatic heterocycles. The van der Waals surface area contributed by atoms with Gasteiger partial charge in [0.2, 0.25) is 0 Å². The van der Waals surface area contributed by atoms with Crippen LogP contribution in [-0.4, -0.2) is 12.6 Å². The first-order valence-electron chi connectivity index (χ1n) is 7.14. The zero-order valence-corrected chi connectivity index (χ0v) is 12.9. The van der Waals surface area contributed by atoms with Gasteiger partial charge in [-0.05, 0) is 47.4 Å². The molecule has 3 rings (SSSR count). The standard InChI is InChI=1S/C16H15F3N2OS/c17-16(18,19)12-3-1-2-4-13(12)21-14(22)20-10-15(6-7-15)11-5-8-23-9-11/h1-5,8-9H,6-7,10H2,(H2,20,21,22). The molecule has 23 heavy (non-hydrogen) atoms. The minimum Gasteiger partial charge on any atom is -0.337 e. The number of hydrogen-bond acceptors (Lipinski definition) is 2. The third-order valence-corrected chi connectivity index (χ3v) is 4.74. The molecule has 0 radical (unpaired) electrons. The summed E-state index contributed by atoms with van der Waals surface area (Å²) in [7, 11) is 0. The van der Waals surface area contributed by atoms with Crippen LogP contribution >= 0.6 is 11.3 Å². The van der Waals surface area contributed by atoms with Crippen LogP contribution in [0.5, 0.6) is 0 Å². The minimum atomic E-state index is -4.50. The van der Waals surface area contributed by atoms with E-state index in [1.54, 1.807) is 11.3 Å². The van der Waals surface area contributed by atoms with Gasteiger partial charge in [0.05, 0.1) is 11.3 Å². The molecular weight excluding hydrogens is 325 g/mol. The normalized spacial score (nSPS) is 16.0. The predicted octanol–water partition coefficient (Wildman–Crippen LogP) is 4.62. The van der Waals surface area contributed by atoms with E-state index in [2.05, 4.69) is 10.6 Å². The van der Waals surface area contributed by atoms with Crippen molar-refractivity contribution in [2.24, 2.45) is 0 Å². The number of hydrogen-bond donors (Lipinski definition) is 2. The summed E-state index contributed by atoms with van der Waals surface area (Å²) in [6.07, 6.45) is -2.55. The second kappa shape index (κ2) is 5.88. The van der Waals surface area contributed by atoms with Crippen molar-refractivity contribution in [3.8, 4) is 0 Å². The molecule has 2 N–H and O–H groups in total. The molecule has 0 spiro atoms. The molecular formula is C16H15F3N2OS. The Bertz CT molecular complexity index is 694. The third kappa shape index (κ3) is 3.50. The van der Waals surface area contributed by atoms with Gasteiger partial charge in [0, 0.05) is 12.0 Å². The number of benzene rings is 1. The number of rotatable bonds is 4. The molecule has 0 atom stereocenters. The average Bonchev–Trinajstić information content (AvgIpc) is 3.08. The lowest BCUT2D eigenvalue weighted by Crippen LogP contribution is -2.35. The summed E-state index contributed by atoms with van der Waals surface area (Å²) < 4.78 is 38.7. The number of thiophene rings is 1. The molecule has 1 saturated carbocycles. The number of anilines is 1. The second-order valence-electron chi connectivity index (χ2n) is 5.64. The Labute approximate surface area is 135 Å². The largest absolute Gasteiger partial charge is 0.418 e. The Morgan fingerprint density at radius 1 is 1.22 bits per heavy atom. The first-order valence-corrected chi connectivity index (χ1v) is 8.09. The fraction of sp³-hybridized carbons (Fsp3) is 0.312. The molecule has 2 amide bonds. The van der Waals surface area contributed by atoms with E-state index in [0.29, 0.717) is 6.54 Å². The summed E-state index contributed by atoms with van der Waals surface area (Å²) >= 11 is 1.59. The first kappa shape index (κ1) is 15.9. The van der Waals surface area contributed by atoms with Crippen LogP contribution in [0.1, 0.15) is 24.0 Å². The number of halogens is 3. The fourth-order valence-electron chi connectivity index (χ4n) is 2.54. The number of para-hydroxylation sites is 1.